The lowest BCUT2D eigenvalue weighted by atomic mass is 9.78. The van der Waals surface area contributed by atoms with Crippen LogP contribution in [0.2, 0.25) is 0 Å². The van der Waals surface area contributed by atoms with Gasteiger partial charge in [0.25, 0.3) is 0 Å². The number of amides is 2. The van der Waals surface area contributed by atoms with Crippen LogP contribution in [0.4, 0.5) is 4.79 Å². The fourth-order valence-electron chi connectivity index (χ4n) is 5.36. The Morgan fingerprint density at radius 2 is 1.73 bits per heavy atom. The number of carbonyl (C=O) groups is 1. The molecule has 3 atom stereocenters. The van der Waals surface area contributed by atoms with Gasteiger partial charge in [0, 0.05) is 25.7 Å². The number of fused-ring (bicyclic) bond motifs is 1. The summed E-state index contributed by atoms with van der Waals surface area (Å²) in [5.41, 5.74) is 0.0793. The molecule has 4 heteroatoms. The molecular formula is C18H30N2O2. The molecule has 0 aromatic rings. The van der Waals surface area contributed by atoms with E-state index in [9.17, 15) is 4.79 Å². The highest BCUT2D eigenvalue weighted by molar-refractivity contribution is 5.75. The molecule has 2 amide bonds. The molecule has 0 bridgehead atoms. The van der Waals surface area contributed by atoms with Gasteiger partial charge in [-0.15, -0.1) is 0 Å². The van der Waals surface area contributed by atoms with Crippen LogP contribution >= 0.6 is 0 Å². The Kier molecular flexibility index (Phi) is 4.05. The van der Waals surface area contributed by atoms with E-state index in [4.69, 9.17) is 4.74 Å². The first-order valence-electron chi connectivity index (χ1n) is 9.44. The minimum absolute atomic E-state index is 0.0793. The quantitative estimate of drug-likeness (QED) is 0.807. The van der Waals surface area contributed by atoms with Crippen LogP contribution in [0, 0.1) is 11.8 Å². The van der Waals surface area contributed by atoms with Crippen LogP contribution < -0.4 is 5.32 Å². The summed E-state index contributed by atoms with van der Waals surface area (Å²) in [4.78, 5) is 14.7. The van der Waals surface area contributed by atoms with Crippen LogP contribution in [0.3, 0.4) is 0 Å². The van der Waals surface area contributed by atoms with E-state index >= 15 is 0 Å². The van der Waals surface area contributed by atoms with Crippen molar-refractivity contribution in [2.45, 2.75) is 75.9 Å². The van der Waals surface area contributed by atoms with Gasteiger partial charge in [-0.25, -0.2) is 4.79 Å². The lowest BCUT2D eigenvalue weighted by molar-refractivity contribution is -0.108. The second-order valence-corrected chi connectivity index (χ2v) is 8.09. The first kappa shape index (κ1) is 14.8. The van der Waals surface area contributed by atoms with E-state index < -0.39 is 0 Å². The van der Waals surface area contributed by atoms with Crippen molar-refractivity contribution in [2.75, 3.05) is 19.7 Å². The average molecular weight is 306 g/mol. The molecule has 0 unspecified atom stereocenters. The molecule has 124 valence electrons. The third-order valence-corrected chi connectivity index (χ3v) is 6.60. The van der Waals surface area contributed by atoms with Gasteiger partial charge in [0.05, 0.1) is 5.60 Å². The number of ether oxygens (including phenoxy) is 1. The molecule has 2 heterocycles. The van der Waals surface area contributed by atoms with E-state index in [1.807, 2.05) is 0 Å². The number of carbonyl (C=O) groups excluding carboxylic acids is 1. The van der Waals surface area contributed by atoms with Crippen LogP contribution in [-0.2, 0) is 4.74 Å². The highest BCUT2D eigenvalue weighted by Gasteiger charge is 2.41. The van der Waals surface area contributed by atoms with Crippen LogP contribution in [0.1, 0.15) is 64.2 Å². The van der Waals surface area contributed by atoms with Crippen LogP contribution in [0.25, 0.3) is 0 Å². The Morgan fingerprint density at radius 3 is 2.45 bits per heavy atom. The maximum Gasteiger partial charge on any atom is 0.317 e. The smallest absolute Gasteiger partial charge is 0.317 e. The zero-order valence-electron chi connectivity index (χ0n) is 13.7. The van der Waals surface area contributed by atoms with Crippen molar-refractivity contribution >= 4 is 6.03 Å². The average Bonchev–Trinajstić information content (AvgIpc) is 3.09. The maximum absolute atomic E-state index is 12.6. The minimum Gasteiger partial charge on any atom is -0.375 e. The zero-order chi connectivity index (χ0) is 15.0. The number of hydrogen-bond acceptors (Lipinski definition) is 2. The van der Waals surface area contributed by atoms with Crippen molar-refractivity contribution in [2.24, 2.45) is 11.8 Å². The molecular weight excluding hydrogens is 276 g/mol. The molecule has 2 saturated carbocycles. The van der Waals surface area contributed by atoms with Gasteiger partial charge in [-0.1, -0.05) is 25.7 Å². The number of nitrogens with one attached hydrogen (secondary N) is 1. The van der Waals surface area contributed by atoms with Crippen LogP contribution in [-0.4, -0.2) is 42.3 Å². The summed E-state index contributed by atoms with van der Waals surface area (Å²) in [6.07, 6.45) is 12.3. The molecule has 0 aromatic carbocycles. The van der Waals surface area contributed by atoms with Crippen LogP contribution in [0.15, 0.2) is 0 Å². The predicted molar refractivity (Wildman–Crippen MR) is 85.7 cm³/mol. The molecule has 1 N–H and O–H groups in total. The zero-order valence-corrected chi connectivity index (χ0v) is 13.7. The van der Waals surface area contributed by atoms with Gasteiger partial charge in [0.2, 0.25) is 0 Å². The summed E-state index contributed by atoms with van der Waals surface area (Å²) in [6, 6.07) is 0.507. The highest BCUT2D eigenvalue weighted by Crippen LogP contribution is 2.39. The minimum atomic E-state index is 0.0793. The first-order valence-corrected chi connectivity index (χ1v) is 9.44. The Hall–Kier alpha value is -0.770. The van der Waals surface area contributed by atoms with Gasteiger partial charge in [0.1, 0.15) is 0 Å². The first-order chi connectivity index (χ1) is 10.7. The number of urea groups is 1. The normalized spacial score (nSPS) is 37.3. The van der Waals surface area contributed by atoms with Crippen molar-refractivity contribution in [3.8, 4) is 0 Å². The molecule has 2 saturated heterocycles. The molecule has 4 nitrogen and oxygen atoms in total. The lowest BCUT2D eigenvalue weighted by Crippen LogP contribution is -2.52. The molecule has 4 rings (SSSR count). The second kappa shape index (κ2) is 6.03. The van der Waals surface area contributed by atoms with Gasteiger partial charge in [0.15, 0.2) is 0 Å². The van der Waals surface area contributed by atoms with E-state index in [0.29, 0.717) is 6.04 Å². The highest BCUT2D eigenvalue weighted by atomic mass is 16.5. The van der Waals surface area contributed by atoms with E-state index in [1.54, 1.807) is 0 Å². The Labute approximate surface area is 134 Å². The van der Waals surface area contributed by atoms with Crippen LogP contribution in [0.5, 0.6) is 0 Å². The SMILES string of the molecule is O=C(N[C@@H]1CCOC2(CCCCC2)C1)N1C[C@@H]2CCC[C@H]2C1. The summed E-state index contributed by atoms with van der Waals surface area (Å²) in [5, 5.41) is 3.33. The second-order valence-electron chi connectivity index (χ2n) is 8.09. The molecule has 0 aromatic heterocycles. The third-order valence-electron chi connectivity index (χ3n) is 6.60. The van der Waals surface area contributed by atoms with Crippen molar-refractivity contribution in [3.63, 3.8) is 0 Å². The van der Waals surface area contributed by atoms with Gasteiger partial charge >= 0.3 is 6.03 Å². The standard InChI is InChI=1S/C18H30N2O2/c21-17(20-12-14-5-4-6-15(14)13-20)19-16-7-10-22-18(11-16)8-2-1-3-9-18/h14-16H,1-13H2,(H,19,21)/t14-,15-,16+/m0/s1. The van der Waals surface area contributed by atoms with Crippen molar-refractivity contribution in [1.29, 1.82) is 0 Å². The fourth-order valence-corrected chi connectivity index (χ4v) is 5.36. The van der Waals surface area contributed by atoms with Gasteiger partial charge in [-0.2, -0.15) is 0 Å². The molecule has 22 heavy (non-hydrogen) atoms. The van der Waals surface area contributed by atoms with Gasteiger partial charge < -0.3 is 15.0 Å². The largest absolute Gasteiger partial charge is 0.375 e. The monoisotopic (exact) mass is 306 g/mol. The molecule has 4 fully saturated rings. The number of rotatable bonds is 1. The van der Waals surface area contributed by atoms with E-state index in [0.717, 1.165) is 44.4 Å². The van der Waals surface area contributed by atoms with Gasteiger partial charge in [-0.05, 0) is 50.4 Å². The lowest BCUT2D eigenvalue weighted by Gasteiger charge is -2.43. The summed E-state index contributed by atoms with van der Waals surface area (Å²) < 4.78 is 6.14. The topological polar surface area (TPSA) is 41.6 Å². The van der Waals surface area contributed by atoms with E-state index in [2.05, 4.69) is 10.2 Å². The van der Waals surface area contributed by atoms with E-state index in [1.165, 1.54) is 51.4 Å². The third kappa shape index (κ3) is 2.86. The van der Waals surface area contributed by atoms with Crippen molar-refractivity contribution in [1.82, 2.24) is 10.2 Å². The molecule has 0 radical (unpaired) electrons. The maximum atomic E-state index is 12.6. The fraction of sp³-hybridized carbons (Fsp3) is 0.944. The van der Waals surface area contributed by atoms with Gasteiger partial charge in [-0.3, -0.25) is 0 Å². The Bertz CT molecular complexity index is 402. The summed E-state index contributed by atoms with van der Waals surface area (Å²) >= 11 is 0. The Morgan fingerprint density at radius 1 is 1.00 bits per heavy atom. The number of hydrogen-bond donors (Lipinski definition) is 1. The Balaban J connectivity index is 1.32. The van der Waals surface area contributed by atoms with Crippen molar-refractivity contribution < 1.29 is 9.53 Å². The van der Waals surface area contributed by atoms with E-state index in [-0.39, 0.29) is 11.6 Å². The molecule has 1 spiro atoms. The molecule has 2 aliphatic carbocycles. The predicted octanol–water partition coefficient (Wildman–Crippen LogP) is 3.31. The summed E-state index contributed by atoms with van der Waals surface area (Å²) in [7, 11) is 0. The summed E-state index contributed by atoms with van der Waals surface area (Å²) in [5.74, 6) is 1.57. The number of nitrogens with zero attached hydrogens (tertiary/aromatic N) is 1. The van der Waals surface area contributed by atoms with Crippen molar-refractivity contribution in [3.05, 3.63) is 0 Å². The molecule has 4 aliphatic rings. The number of likely N-dealkylation sites (tertiary alicyclic amines) is 1. The molecule has 2 aliphatic heterocycles. The summed E-state index contributed by atoms with van der Waals surface area (Å²) in [6.45, 7) is 2.80.